The fourth-order valence-corrected chi connectivity index (χ4v) is 8.52. The van der Waals surface area contributed by atoms with Crippen LogP contribution >= 0.6 is 0 Å². The molecule has 12 nitrogen and oxygen atoms in total. The molecule has 0 spiro atoms. The zero-order valence-corrected chi connectivity index (χ0v) is 27.7. The molecule has 1 aromatic carbocycles. The van der Waals surface area contributed by atoms with Crippen LogP contribution in [0.4, 0.5) is 5.69 Å². The topological polar surface area (TPSA) is 144 Å². The number of piperidine rings is 2. The maximum Gasteiger partial charge on any atom is 0.254 e. The molecule has 0 radical (unpaired) electrons. The third-order valence-electron chi connectivity index (χ3n) is 11.4. The van der Waals surface area contributed by atoms with Gasteiger partial charge in [-0.15, -0.1) is 0 Å². The lowest BCUT2D eigenvalue weighted by atomic mass is 9.96. The van der Waals surface area contributed by atoms with Gasteiger partial charge in [-0.1, -0.05) is 0 Å². The number of nitrogens with two attached hydrogens (primary N) is 1. The highest BCUT2D eigenvalue weighted by Gasteiger charge is 2.47. The highest BCUT2D eigenvalue weighted by atomic mass is 16.5. The minimum Gasteiger partial charge on any atom is -0.494 e. The van der Waals surface area contributed by atoms with Gasteiger partial charge in [0.15, 0.2) is 5.82 Å². The molecule has 4 aromatic heterocycles. The molecule has 3 atom stereocenters. The first-order chi connectivity index (χ1) is 24.0. The number of rotatable bonds is 8. The lowest BCUT2D eigenvalue weighted by Crippen LogP contribution is -2.41. The minimum absolute atomic E-state index is 0.00477. The van der Waals surface area contributed by atoms with Gasteiger partial charge in [0.1, 0.15) is 23.0 Å². The molecule has 2 saturated carbocycles. The number of nitrogens with zero attached hydrogens (tertiary/aromatic N) is 9. The molecule has 250 valence electrons. The number of anilines is 1. The summed E-state index contributed by atoms with van der Waals surface area (Å²) in [6, 6.07) is 12.3. The number of benzene rings is 1. The molecule has 2 saturated heterocycles. The molecule has 2 N–H and O–H groups in total. The molecule has 12 heteroatoms. The number of ether oxygens (including phenoxy) is 1. The highest BCUT2D eigenvalue weighted by molar-refractivity contribution is 6.00. The van der Waals surface area contributed by atoms with Gasteiger partial charge >= 0.3 is 0 Å². The maximum absolute atomic E-state index is 14.0. The predicted molar refractivity (Wildman–Crippen MR) is 185 cm³/mol. The molecule has 2 bridgehead atoms. The smallest absolute Gasteiger partial charge is 0.254 e. The van der Waals surface area contributed by atoms with Gasteiger partial charge in [-0.2, -0.15) is 5.26 Å². The molecule has 4 aliphatic rings. The van der Waals surface area contributed by atoms with E-state index in [2.05, 4.69) is 36.1 Å². The summed E-state index contributed by atoms with van der Waals surface area (Å²) in [5.41, 5.74) is 11.7. The van der Waals surface area contributed by atoms with E-state index in [4.69, 9.17) is 25.7 Å². The second kappa shape index (κ2) is 11.8. The Morgan fingerprint density at radius 2 is 1.78 bits per heavy atom. The Morgan fingerprint density at radius 3 is 2.47 bits per heavy atom. The van der Waals surface area contributed by atoms with Gasteiger partial charge in [-0.3, -0.25) is 4.79 Å². The van der Waals surface area contributed by atoms with E-state index in [0.29, 0.717) is 35.6 Å². The number of methoxy groups -OCH3 is 1. The predicted octanol–water partition coefficient (Wildman–Crippen LogP) is 4.61. The van der Waals surface area contributed by atoms with Crippen molar-refractivity contribution in [1.29, 1.82) is 5.26 Å². The quantitative estimate of drug-likeness (QED) is 0.253. The van der Waals surface area contributed by atoms with Gasteiger partial charge in [0.25, 0.3) is 5.91 Å². The van der Waals surface area contributed by atoms with E-state index in [1.54, 1.807) is 19.5 Å². The third-order valence-corrected chi connectivity index (χ3v) is 11.4. The van der Waals surface area contributed by atoms with Crippen molar-refractivity contribution in [3.05, 3.63) is 60.3 Å². The lowest BCUT2D eigenvalue weighted by molar-refractivity contribution is 0.0700. The largest absolute Gasteiger partial charge is 0.494 e. The summed E-state index contributed by atoms with van der Waals surface area (Å²) in [7, 11) is 1.68. The van der Waals surface area contributed by atoms with Crippen molar-refractivity contribution < 1.29 is 9.53 Å². The molecular weight excluding hydrogens is 616 g/mol. The molecule has 49 heavy (non-hydrogen) atoms. The van der Waals surface area contributed by atoms with E-state index in [0.717, 1.165) is 91.1 Å². The normalized spacial score (nSPS) is 22.3. The molecule has 2 aliphatic heterocycles. The number of hydrogen-bond acceptors (Lipinski definition) is 9. The zero-order valence-electron chi connectivity index (χ0n) is 27.7. The van der Waals surface area contributed by atoms with E-state index in [-0.39, 0.29) is 23.8 Å². The van der Waals surface area contributed by atoms with Crippen molar-refractivity contribution in [2.75, 3.05) is 31.6 Å². The second-order valence-corrected chi connectivity index (χ2v) is 14.3. The Labute approximate surface area is 284 Å². The van der Waals surface area contributed by atoms with Gasteiger partial charge in [0.2, 0.25) is 5.82 Å². The summed E-state index contributed by atoms with van der Waals surface area (Å²) in [6.45, 7) is 4.11. The van der Waals surface area contributed by atoms with Crippen LogP contribution < -0.4 is 15.4 Å². The fraction of sp³-hybridized carbons (Fsp3) is 0.459. The highest BCUT2D eigenvalue weighted by Crippen LogP contribution is 2.41. The van der Waals surface area contributed by atoms with E-state index in [1.807, 2.05) is 35.4 Å². The molecule has 6 heterocycles. The van der Waals surface area contributed by atoms with Crippen LogP contribution in [0, 0.1) is 29.1 Å². The van der Waals surface area contributed by atoms with E-state index >= 15 is 0 Å². The van der Waals surface area contributed by atoms with E-state index < -0.39 is 0 Å². The standard InChI is InChI=1S/C37H40N10O2/c1-49-31-15-26(37(48)46-21-25-6-7-29(46)33(25)39)13-28-34(31)47(20-23-8-11-44(12-9-23)27-17-41-32(16-38)42-18-27)36(43-28)30-14-24-3-2-10-40-35(24)45(30)19-22-4-5-22/h2-3,10,13-15,17-18,22-23,25,29,33H,4-9,11-12,19-21,39H2,1H3/t25?,29?,33-/m1/s1. The van der Waals surface area contributed by atoms with Crippen LogP contribution in [0.25, 0.3) is 33.6 Å². The number of aromatic nitrogens is 6. The molecule has 5 aromatic rings. The summed E-state index contributed by atoms with van der Waals surface area (Å²) in [4.78, 5) is 36.8. The number of pyridine rings is 1. The molecule has 2 aliphatic carbocycles. The number of likely N-dealkylation sites (tertiary alicyclic amines) is 1. The monoisotopic (exact) mass is 656 g/mol. The van der Waals surface area contributed by atoms with Crippen LogP contribution in [0.3, 0.4) is 0 Å². The van der Waals surface area contributed by atoms with Crippen molar-refractivity contribution in [2.24, 2.45) is 23.5 Å². The van der Waals surface area contributed by atoms with Gasteiger partial charge in [0.05, 0.1) is 36.4 Å². The van der Waals surface area contributed by atoms with Crippen molar-refractivity contribution in [1.82, 2.24) is 34.0 Å². The zero-order chi connectivity index (χ0) is 33.2. The molecule has 9 rings (SSSR count). The molecular formula is C37H40N10O2. The molecule has 1 amide bonds. The third kappa shape index (κ3) is 5.19. The van der Waals surface area contributed by atoms with E-state index in [9.17, 15) is 4.79 Å². The number of hydrogen-bond donors (Lipinski definition) is 1. The van der Waals surface area contributed by atoms with Gasteiger partial charge in [-0.25, -0.2) is 19.9 Å². The number of amides is 1. The van der Waals surface area contributed by atoms with Gasteiger partial charge in [-0.05, 0) is 86.6 Å². The van der Waals surface area contributed by atoms with Gasteiger partial charge in [0, 0.05) is 62.0 Å². The summed E-state index contributed by atoms with van der Waals surface area (Å²) in [5.74, 6) is 3.13. The van der Waals surface area contributed by atoms with Crippen LogP contribution in [0.1, 0.15) is 54.7 Å². The van der Waals surface area contributed by atoms with Crippen molar-refractivity contribution in [2.45, 2.75) is 63.7 Å². The van der Waals surface area contributed by atoms with Crippen molar-refractivity contribution >= 4 is 33.7 Å². The van der Waals surface area contributed by atoms with E-state index in [1.165, 1.54) is 12.8 Å². The van der Waals surface area contributed by atoms with Crippen molar-refractivity contribution in [3.8, 4) is 23.3 Å². The molecule has 2 unspecified atom stereocenters. The summed E-state index contributed by atoms with van der Waals surface area (Å²) >= 11 is 0. The Kier molecular flexibility index (Phi) is 7.27. The second-order valence-electron chi connectivity index (χ2n) is 14.3. The number of carbonyl (C=O) groups excluding carboxylic acids is 1. The SMILES string of the molecule is COc1cc(C(=O)N2CC3CCC2[C@@H]3N)cc2nc(-c3cc4cccnc4n3CC3CC3)n(CC3CCN(c4cnc(C#N)nc4)CC3)c12. The van der Waals surface area contributed by atoms with Crippen LogP contribution in [0.15, 0.2) is 48.9 Å². The Morgan fingerprint density at radius 1 is 1.00 bits per heavy atom. The van der Waals surface area contributed by atoms with Crippen LogP contribution in [0.5, 0.6) is 5.75 Å². The minimum atomic E-state index is 0.00477. The number of carbonyl (C=O) groups is 1. The van der Waals surface area contributed by atoms with Gasteiger partial charge < -0.3 is 29.4 Å². The summed E-state index contributed by atoms with van der Waals surface area (Å²) in [6.07, 6.45) is 11.8. The first kappa shape index (κ1) is 30.1. The first-order valence-electron chi connectivity index (χ1n) is 17.6. The molecule has 4 fully saturated rings. The van der Waals surface area contributed by atoms with Crippen molar-refractivity contribution in [3.63, 3.8) is 0 Å². The number of fused-ring (bicyclic) bond motifs is 4. The maximum atomic E-state index is 14.0. The number of nitriles is 1. The average Bonchev–Trinajstić information content (AvgIpc) is 3.51. The van der Waals surface area contributed by atoms with Crippen LogP contribution in [0.2, 0.25) is 0 Å². The Balaban J connectivity index is 1.11. The average molecular weight is 657 g/mol. The fourth-order valence-electron chi connectivity index (χ4n) is 8.52. The summed E-state index contributed by atoms with van der Waals surface area (Å²) < 4.78 is 10.8. The van der Waals surface area contributed by atoms with Crippen LogP contribution in [-0.4, -0.2) is 78.7 Å². The lowest BCUT2D eigenvalue weighted by Gasteiger charge is -2.33. The van der Waals surface area contributed by atoms with Crippen LogP contribution in [-0.2, 0) is 13.1 Å². The first-order valence-corrected chi connectivity index (χ1v) is 17.6. The summed E-state index contributed by atoms with van der Waals surface area (Å²) in [5, 5.41) is 10.2. The number of imidazole rings is 1. The Bertz CT molecular complexity index is 2100. The Hall–Kier alpha value is -5.02.